The number of carbonyl (C=O) groups is 8. The van der Waals surface area contributed by atoms with E-state index in [4.69, 9.17) is 28.0 Å². The molecule has 0 aliphatic carbocycles. The molecule has 2 atom stereocenters. The SMILES string of the molecule is CCCCCCCCCCCCCCCCCC(=O)OC[C@H](COP(=O)(O)OCCNC(=O)c1ccc(/C=N/NCCOC(=O)CCC(=O)NCCOCCNC(=O)CCN2C(=O)C=CC2=O)cc1)OC(=O)CCCCCCCCCCCCCCCCC.N. The van der Waals surface area contributed by atoms with Crippen LogP contribution in [-0.2, 0) is 66.1 Å². The summed E-state index contributed by atoms with van der Waals surface area (Å²) in [5.74, 6) is -3.58. The first-order valence-electron chi connectivity index (χ1n) is 33.6. The molecule has 514 valence electrons. The highest BCUT2D eigenvalue weighted by molar-refractivity contribution is 7.47. The molecule has 1 unspecified atom stereocenters. The van der Waals surface area contributed by atoms with Crippen LogP contribution in [0.15, 0.2) is 41.5 Å². The number of carbonyl (C=O) groups excluding carboxylic acids is 8. The highest BCUT2D eigenvalue weighted by atomic mass is 31.2. The Labute approximate surface area is 537 Å². The number of nitrogens with zero attached hydrogens (tertiary/aromatic N) is 2. The summed E-state index contributed by atoms with van der Waals surface area (Å²) in [7, 11) is -4.69. The number of unbranched alkanes of at least 4 members (excludes halogenated alkanes) is 28. The second-order valence-corrected chi connectivity index (χ2v) is 24.2. The van der Waals surface area contributed by atoms with Crippen molar-refractivity contribution in [2.75, 3.05) is 72.4 Å². The lowest BCUT2D eigenvalue weighted by molar-refractivity contribution is -0.161. The van der Waals surface area contributed by atoms with Crippen LogP contribution in [0.5, 0.6) is 0 Å². The van der Waals surface area contributed by atoms with Crippen molar-refractivity contribution >= 4 is 61.5 Å². The molecular weight excluding hydrogens is 1180 g/mol. The van der Waals surface area contributed by atoms with Crippen LogP contribution in [0.4, 0.5) is 0 Å². The lowest BCUT2D eigenvalue weighted by Gasteiger charge is -2.20. The maximum Gasteiger partial charge on any atom is 0.472 e. The fourth-order valence-electron chi connectivity index (χ4n) is 9.62. The molecule has 0 fully saturated rings. The predicted molar refractivity (Wildman–Crippen MR) is 349 cm³/mol. The third-order valence-corrected chi connectivity index (χ3v) is 15.9. The lowest BCUT2D eigenvalue weighted by atomic mass is 10.0. The highest BCUT2D eigenvalue weighted by Crippen LogP contribution is 2.43. The standard InChI is InChI=1S/C66H111N6O16P.H3N/c1-3-5-7-9-11-13-15-17-19-21-23-25-27-29-31-33-63(77)85-54-58(88-65(79)34-32-30-28-26-24-22-20-18-16-14-12-10-8-6-4-2)55-87-89(81,82)86-52-46-69-66(80)57-37-35-56(36-38-57)53-71-70-47-51-84-64(78)42-39-59(73)67-44-49-83-50-45-68-60(74)43-48-72-61(75)40-41-62(72)76;/h35-38,40-41,53,58,70H,3-34,39,42-52,54-55H2,1-2H3,(H,67,73)(H,68,74)(H,69,80)(H,81,82);1H3/b71-53+;/t58-;/m1./s1. The maximum absolute atomic E-state index is 12.9. The van der Waals surface area contributed by atoms with E-state index < -0.39 is 56.2 Å². The summed E-state index contributed by atoms with van der Waals surface area (Å²) in [5, 5.41) is 12.0. The molecule has 8 N–H and O–H groups in total. The molecule has 1 aromatic rings. The normalized spacial score (nSPS) is 13.0. The minimum absolute atomic E-state index is 0. The Morgan fingerprint density at radius 2 is 0.956 bits per heavy atom. The van der Waals surface area contributed by atoms with Crippen LogP contribution in [0.1, 0.15) is 254 Å². The second kappa shape index (κ2) is 56.2. The van der Waals surface area contributed by atoms with Gasteiger partial charge < -0.3 is 51.4 Å². The van der Waals surface area contributed by atoms with Gasteiger partial charge in [0, 0.05) is 69.6 Å². The zero-order valence-electron chi connectivity index (χ0n) is 54.8. The van der Waals surface area contributed by atoms with Crippen LogP contribution < -0.4 is 27.5 Å². The minimum Gasteiger partial charge on any atom is -0.464 e. The number of hydrogen-bond acceptors (Lipinski definition) is 18. The number of phosphoric acid groups is 1. The van der Waals surface area contributed by atoms with Gasteiger partial charge in [0.25, 0.3) is 17.7 Å². The Hall–Kier alpha value is -5.58. The zero-order chi connectivity index (χ0) is 64.7. The van der Waals surface area contributed by atoms with Gasteiger partial charge in [0.05, 0.1) is 45.6 Å². The molecule has 0 bridgehead atoms. The van der Waals surface area contributed by atoms with E-state index in [-0.39, 0.29) is 116 Å². The fraction of sp³-hybridized carbons (Fsp3) is 0.742. The average Bonchev–Trinajstić information content (AvgIpc) is 4.07. The topological polar surface area (TPSA) is 328 Å². The third kappa shape index (κ3) is 47.4. The predicted octanol–water partition coefficient (Wildman–Crippen LogP) is 11.5. The number of hydrogen-bond donors (Lipinski definition) is 6. The van der Waals surface area contributed by atoms with E-state index in [0.29, 0.717) is 24.0 Å². The smallest absolute Gasteiger partial charge is 0.464 e. The molecule has 1 aliphatic rings. The monoisotopic (exact) mass is 1290 g/mol. The van der Waals surface area contributed by atoms with Crippen LogP contribution in [0.25, 0.3) is 0 Å². The average molecular weight is 1290 g/mol. The lowest BCUT2D eigenvalue weighted by Crippen LogP contribution is -2.35. The van der Waals surface area contributed by atoms with Gasteiger partial charge in [0.2, 0.25) is 11.8 Å². The fourth-order valence-corrected chi connectivity index (χ4v) is 10.4. The summed E-state index contributed by atoms with van der Waals surface area (Å²) in [6, 6.07) is 6.43. The molecule has 1 aliphatic heterocycles. The Morgan fingerprint density at radius 1 is 0.511 bits per heavy atom. The van der Waals surface area contributed by atoms with Crippen molar-refractivity contribution < 1.29 is 75.8 Å². The van der Waals surface area contributed by atoms with Crippen LogP contribution >= 0.6 is 7.82 Å². The number of phosphoric ester groups is 1. The van der Waals surface area contributed by atoms with Crippen LogP contribution in [0.3, 0.4) is 0 Å². The molecule has 1 heterocycles. The number of hydrazone groups is 1. The Bertz CT molecular complexity index is 2200. The molecule has 5 amide bonds. The van der Waals surface area contributed by atoms with Gasteiger partial charge >= 0.3 is 25.7 Å². The largest absolute Gasteiger partial charge is 0.472 e. The van der Waals surface area contributed by atoms with Crippen LogP contribution in [0, 0.1) is 0 Å². The van der Waals surface area contributed by atoms with Crippen molar-refractivity contribution in [2.24, 2.45) is 5.10 Å². The molecule has 2 rings (SSSR count). The summed E-state index contributed by atoms with van der Waals surface area (Å²) >= 11 is 0. The molecule has 24 heteroatoms. The summed E-state index contributed by atoms with van der Waals surface area (Å²) < 4.78 is 44.8. The Kier molecular flexibility index (Phi) is 51.5. The summed E-state index contributed by atoms with van der Waals surface area (Å²) in [6.07, 6.45) is 38.9. The van der Waals surface area contributed by atoms with Gasteiger partial charge in [-0.25, -0.2) is 4.57 Å². The molecule has 0 aromatic heterocycles. The number of nitrogens with one attached hydrogen (secondary N) is 4. The molecule has 1 aromatic carbocycles. The Balaban J connectivity index is 0.0000405. The second-order valence-electron chi connectivity index (χ2n) is 22.8. The number of amides is 5. The van der Waals surface area contributed by atoms with Gasteiger partial charge in [-0.05, 0) is 30.5 Å². The van der Waals surface area contributed by atoms with Gasteiger partial charge in [0.15, 0.2) is 6.10 Å². The number of ether oxygens (including phenoxy) is 4. The van der Waals surface area contributed by atoms with Crippen LogP contribution in [-0.4, -0.2) is 142 Å². The molecule has 0 spiro atoms. The first-order chi connectivity index (χ1) is 43.2. The van der Waals surface area contributed by atoms with Gasteiger partial charge in [-0.1, -0.05) is 206 Å². The number of esters is 3. The molecule has 0 saturated carbocycles. The quantitative estimate of drug-likeness (QED) is 0.00671. The first kappa shape index (κ1) is 82.4. The molecule has 23 nitrogen and oxygen atoms in total. The molecule has 0 saturated heterocycles. The van der Waals surface area contributed by atoms with E-state index in [2.05, 4.69) is 40.3 Å². The summed E-state index contributed by atoms with van der Waals surface area (Å²) in [6.45, 7) is 4.05. The zero-order valence-corrected chi connectivity index (χ0v) is 55.7. The van der Waals surface area contributed by atoms with E-state index in [0.717, 1.165) is 55.6 Å². The van der Waals surface area contributed by atoms with Gasteiger partial charge in [-0.2, -0.15) is 5.10 Å². The van der Waals surface area contributed by atoms with Crippen molar-refractivity contribution in [1.82, 2.24) is 32.4 Å². The third-order valence-electron chi connectivity index (χ3n) is 14.9. The van der Waals surface area contributed by atoms with E-state index in [9.17, 15) is 47.8 Å². The number of imide groups is 1. The highest BCUT2D eigenvalue weighted by Gasteiger charge is 2.27. The maximum atomic E-state index is 12.9. The van der Waals surface area contributed by atoms with Crippen molar-refractivity contribution in [2.45, 2.75) is 245 Å². The van der Waals surface area contributed by atoms with Crippen molar-refractivity contribution in [1.29, 1.82) is 0 Å². The minimum atomic E-state index is -4.69. The van der Waals surface area contributed by atoms with Crippen molar-refractivity contribution in [3.05, 3.63) is 47.5 Å². The van der Waals surface area contributed by atoms with Crippen molar-refractivity contribution in [3.63, 3.8) is 0 Å². The van der Waals surface area contributed by atoms with Gasteiger partial charge in [-0.15, -0.1) is 0 Å². The first-order valence-corrected chi connectivity index (χ1v) is 35.1. The van der Waals surface area contributed by atoms with E-state index >= 15 is 0 Å². The number of rotatable bonds is 60. The molecule has 0 radical (unpaired) electrons. The Morgan fingerprint density at radius 3 is 1.46 bits per heavy atom. The van der Waals surface area contributed by atoms with Crippen molar-refractivity contribution in [3.8, 4) is 0 Å². The molecule has 90 heavy (non-hydrogen) atoms. The summed E-state index contributed by atoms with van der Waals surface area (Å²) in [5.41, 5.74) is 3.71. The van der Waals surface area contributed by atoms with E-state index in [1.807, 2.05) is 0 Å². The van der Waals surface area contributed by atoms with Gasteiger partial charge in [-0.3, -0.25) is 52.3 Å². The van der Waals surface area contributed by atoms with Crippen LogP contribution in [0.2, 0.25) is 0 Å². The summed E-state index contributed by atoms with van der Waals surface area (Å²) in [4.78, 5) is 109. The molecular formula is C66H114N7O16P. The number of benzene rings is 1. The van der Waals surface area contributed by atoms with E-state index in [1.165, 1.54) is 147 Å². The van der Waals surface area contributed by atoms with Gasteiger partial charge in [0.1, 0.15) is 13.2 Å². The van der Waals surface area contributed by atoms with E-state index in [1.54, 1.807) is 24.3 Å².